The number of hydrogen-bond acceptors (Lipinski definition) is 6. The monoisotopic (exact) mass is 578 g/mol. The fourth-order valence-corrected chi connectivity index (χ4v) is 4.62. The predicted molar refractivity (Wildman–Crippen MR) is 131 cm³/mol. The highest BCUT2D eigenvalue weighted by Gasteiger charge is 2.40. The second-order valence-electron chi connectivity index (χ2n) is 9.29. The van der Waals surface area contributed by atoms with Crippen molar-refractivity contribution < 1.29 is 55.6 Å². The van der Waals surface area contributed by atoms with Gasteiger partial charge in [0.15, 0.2) is 0 Å². The molecule has 14 heteroatoms. The molecule has 4 atom stereocenters. The Morgan fingerprint density at radius 1 is 0.700 bits per heavy atom. The number of carbonyl (C=O) groups excluding carboxylic acids is 2. The van der Waals surface area contributed by atoms with Gasteiger partial charge in [-0.1, -0.05) is 24.3 Å². The minimum absolute atomic E-state index is 0.0819. The molecule has 2 aromatic carbocycles. The Kier molecular flexibility index (Phi) is 9.82. The molecule has 0 heterocycles. The van der Waals surface area contributed by atoms with E-state index in [4.69, 9.17) is 9.47 Å². The average molecular weight is 579 g/mol. The number of aliphatic hydroxyl groups is 2. The Hall–Kier alpha value is -3.20. The second-order valence-corrected chi connectivity index (χ2v) is 9.29. The van der Waals surface area contributed by atoms with E-state index in [1.165, 1.54) is 26.4 Å². The molecule has 40 heavy (non-hydrogen) atoms. The number of ether oxygens (including phenoxy) is 2. The molecule has 0 unspecified atom stereocenters. The highest BCUT2D eigenvalue weighted by Crippen LogP contribution is 2.32. The normalized spacial score (nSPS) is 22.2. The Bertz CT molecular complexity index is 1220. The van der Waals surface area contributed by atoms with Crippen LogP contribution < -0.4 is 10.6 Å². The van der Waals surface area contributed by atoms with Crippen molar-refractivity contribution in [2.45, 2.75) is 62.5 Å². The number of aliphatic hydroxyl groups excluding tert-OH is 2. The van der Waals surface area contributed by atoms with E-state index in [1.54, 1.807) is 24.3 Å². The molecule has 4 rings (SSSR count). The van der Waals surface area contributed by atoms with Crippen LogP contribution in [-0.2, 0) is 44.7 Å². The van der Waals surface area contributed by atoms with Gasteiger partial charge in [0.1, 0.15) is 0 Å². The van der Waals surface area contributed by atoms with Crippen molar-refractivity contribution in [3.8, 4) is 0 Å². The smallest absolute Gasteiger partial charge is 0.390 e. The molecule has 0 spiro atoms. The molecule has 0 fully saturated rings. The van der Waals surface area contributed by atoms with Gasteiger partial charge in [-0.2, -0.15) is 26.3 Å². The van der Waals surface area contributed by atoms with Crippen molar-refractivity contribution in [2.75, 3.05) is 24.9 Å². The van der Waals surface area contributed by atoms with Crippen molar-refractivity contribution in [3.63, 3.8) is 0 Å². The maximum absolute atomic E-state index is 12.3. The third-order valence-electron chi connectivity index (χ3n) is 6.69. The van der Waals surface area contributed by atoms with Crippen LogP contribution in [0.2, 0.25) is 0 Å². The topological polar surface area (TPSA) is 117 Å². The number of hydrogen-bond donors (Lipinski definition) is 4. The van der Waals surface area contributed by atoms with Gasteiger partial charge in [0.2, 0.25) is 0 Å². The summed E-state index contributed by atoms with van der Waals surface area (Å²) >= 11 is 0. The van der Waals surface area contributed by atoms with Gasteiger partial charge in [-0.25, -0.2) is 0 Å². The Morgan fingerprint density at radius 2 is 1.10 bits per heavy atom. The zero-order chi connectivity index (χ0) is 29.8. The van der Waals surface area contributed by atoms with Crippen LogP contribution in [0.3, 0.4) is 0 Å². The van der Waals surface area contributed by atoms with Gasteiger partial charge < -0.3 is 30.3 Å². The standard InChI is InChI=1S/2C13H14F3NO3/c1-20-11-5-7-3-2-4-9(8(7)6-10(11)18)17-12(19)13(14,15)16;1-20-11-6-8-7(5-10(11)18)3-2-4-9(8)17-12(19)13(14,15)16/h2*2-4,10-11,18H,5-6H2,1H3,(H,17,19)/t2*10-,11-/m11/s1. The Morgan fingerprint density at radius 3 is 1.55 bits per heavy atom. The molecular weight excluding hydrogens is 550 g/mol. The first kappa shape index (κ1) is 31.3. The van der Waals surface area contributed by atoms with Crippen LogP contribution in [0.5, 0.6) is 0 Å². The number of amides is 2. The number of alkyl halides is 6. The number of halogens is 6. The lowest BCUT2D eigenvalue weighted by Gasteiger charge is -2.30. The van der Waals surface area contributed by atoms with Crippen LogP contribution in [0, 0.1) is 0 Å². The lowest BCUT2D eigenvalue weighted by Crippen LogP contribution is -2.37. The highest BCUT2D eigenvalue weighted by molar-refractivity contribution is 5.96. The predicted octanol–water partition coefficient (Wildman–Crippen LogP) is 3.32. The van der Waals surface area contributed by atoms with E-state index in [-0.39, 0.29) is 30.6 Å². The number of methoxy groups -OCH3 is 2. The molecule has 8 nitrogen and oxygen atoms in total. The molecule has 0 saturated heterocycles. The van der Waals surface area contributed by atoms with E-state index in [2.05, 4.69) is 0 Å². The van der Waals surface area contributed by atoms with E-state index in [0.717, 1.165) is 5.56 Å². The van der Waals surface area contributed by atoms with Gasteiger partial charge in [-0.15, -0.1) is 0 Å². The van der Waals surface area contributed by atoms with Gasteiger partial charge >= 0.3 is 24.2 Å². The van der Waals surface area contributed by atoms with Crippen molar-refractivity contribution in [3.05, 3.63) is 58.7 Å². The summed E-state index contributed by atoms with van der Waals surface area (Å²) in [6.45, 7) is 0. The van der Waals surface area contributed by atoms with Crippen molar-refractivity contribution in [1.82, 2.24) is 0 Å². The molecule has 2 aliphatic carbocycles. The summed E-state index contributed by atoms with van der Waals surface area (Å²) in [6.07, 6.45) is -11.2. The zero-order valence-corrected chi connectivity index (χ0v) is 21.4. The third-order valence-corrected chi connectivity index (χ3v) is 6.69. The van der Waals surface area contributed by atoms with Crippen LogP contribution >= 0.6 is 0 Å². The van der Waals surface area contributed by atoms with Crippen LogP contribution in [-0.4, -0.2) is 73.0 Å². The minimum Gasteiger partial charge on any atom is -0.390 e. The maximum Gasteiger partial charge on any atom is 0.471 e. The first-order valence-corrected chi connectivity index (χ1v) is 12.0. The molecule has 2 amide bonds. The van der Waals surface area contributed by atoms with E-state index >= 15 is 0 Å². The SMILES string of the molecule is CO[C@@H]1Cc2c(cccc2NC(=O)C(F)(F)F)C[C@H]1O.CO[C@@H]1Cc2cccc(NC(=O)C(F)(F)F)c2C[C@H]1O. The average Bonchev–Trinajstić information content (AvgIpc) is 2.87. The summed E-state index contributed by atoms with van der Waals surface area (Å²) in [4.78, 5) is 22.0. The van der Waals surface area contributed by atoms with Crippen LogP contribution in [0.1, 0.15) is 22.3 Å². The summed E-state index contributed by atoms with van der Waals surface area (Å²) < 4.78 is 83.9. The number of carbonyl (C=O) groups is 2. The number of anilines is 2. The lowest BCUT2D eigenvalue weighted by atomic mass is 9.86. The lowest BCUT2D eigenvalue weighted by molar-refractivity contribution is -0.167. The quantitative estimate of drug-likeness (QED) is 0.414. The largest absolute Gasteiger partial charge is 0.471 e. The summed E-state index contributed by atoms with van der Waals surface area (Å²) in [6, 6.07) is 9.37. The molecule has 0 radical (unpaired) electrons. The van der Waals surface area contributed by atoms with Gasteiger partial charge in [-0.05, 0) is 34.4 Å². The van der Waals surface area contributed by atoms with Crippen molar-refractivity contribution in [2.24, 2.45) is 0 Å². The maximum atomic E-state index is 12.3. The van der Waals surface area contributed by atoms with E-state index in [9.17, 15) is 46.1 Å². The first-order valence-electron chi connectivity index (χ1n) is 12.0. The molecule has 0 aliphatic heterocycles. The Balaban J connectivity index is 0.000000220. The number of nitrogens with one attached hydrogen (secondary N) is 2. The molecule has 2 aliphatic rings. The summed E-state index contributed by atoms with van der Waals surface area (Å²) in [5, 5.41) is 23.4. The van der Waals surface area contributed by atoms with Crippen LogP contribution in [0.15, 0.2) is 36.4 Å². The second kappa shape index (κ2) is 12.5. The Labute approximate surface area is 225 Å². The molecule has 220 valence electrons. The molecule has 4 N–H and O–H groups in total. The molecule has 0 bridgehead atoms. The fourth-order valence-electron chi connectivity index (χ4n) is 4.62. The van der Waals surface area contributed by atoms with Gasteiger partial charge in [0, 0.05) is 51.3 Å². The van der Waals surface area contributed by atoms with Gasteiger partial charge in [0.25, 0.3) is 0 Å². The van der Waals surface area contributed by atoms with Crippen LogP contribution in [0.25, 0.3) is 0 Å². The summed E-state index contributed by atoms with van der Waals surface area (Å²) in [5.41, 5.74) is 2.76. The summed E-state index contributed by atoms with van der Waals surface area (Å²) in [7, 11) is 2.89. The van der Waals surface area contributed by atoms with E-state index in [0.29, 0.717) is 23.1 Å². The summed E-state index contributed by atoms with van der Waals surface area (Å²) in [5.74, 6) is -4.03. The van der Waals surface area contributed by atoms with Crippen LogP contribution in [0.4, 0.5) is 37.7 Å². The van der Waals surface area contributed by atoms with Gasteiger partial charge in [-0.3, -0.25) is 9.59 Å². The third kappa shape index (κ3) is 7.50. The number of fused-ring (bicyclic) bond motifs is 2. The molecule has 2 aromatic rings. The fraction of sp³-hybridized carbons (Fsp3) is 0.462. The van der Waals surface area contributed by atoms with E-state index in [1.807, 2.05) is 10.6 Å². The number of benzene rings is 2. The zero-order valence-electron chi connectivity index (χ0n) is 21.4. The molecule has 0 aromatic heterocycles. The first-order chi connectivity index (χ1) is 18.6. The molecule has 0 saturated carbocycles. The molecular formula is C26H28F6N2O6. The highest BCUT2D eigenvalue weighted by atomic mass is 19.4. The van der Waals surface area contributed by atoms with Crippen molar-refractivity contribution >= 4 is 23.2 Å². The van der Waals surface area contributed by atoms with Crippen molar-refractivity contribution in [1.29, 1.82) is 0 Å². The number of rotatable bonds is 4. The van der Waals surface area contributed by atoms with E-state index < -0.39 is 48.6 Å². The minimum atomic E-state index is -4.94. The van der Waals surface area contributed by atoms with Gasteiger partial charge in [0.05, 0.1) is 24.4 Å².